The van der Waals surface area contributed by atoms with E-state index in [-0.39, 0.29) is 0 Å². The Balaban J connectivity index is 2.01. The van der Waals surface area contributed by atoms with Gasteiger partial charge in [-0.3, -0.25) is 0 Å². The Hall–Kier alpha value is -0.550. The molecule has 0 amide bonds. The van der Waals surface area contributed by atoms with E-state index in [4.69, 9.17) is 10.3 Å². The van der Waals surface area contributed by atoms with Gasteiger partial charge in [0.25, 0.3) is 0 Å². The fraction of sp³-hybridized carbons (Fsp3) is 0.818. The van der Waals surface area contributed by atoms with E-state index in [1.165, 1.54) is 12.8 Å². The van der Waals surface area contributed by atoms with Crippen molar-refractivity contribution in [2.75, 3.05) is 0 Å². The minimum absolute atomic E-state index is 0.437. The molecule has 1 aliphatic rings. The summed E-state index contributed by atoms with van der Waals surface area (Å²) in [5.41, 5.74) is 5.77. The minimum Gasteiger partial charge on any atom is -0.337 e. The molecule has 16 heavy (non-hydrogen) atoms. The van der Waals surface area contributed by atoms with Crippen molar-refractivity contribution in [1.82, 2.24) is 10.1 Å². The third kappa shape index (κ3) is 2.58. The quantitative estimate of drug-likeness (QED) is 0.857. The van der Waals surface area contributed by atoms with Gasteiger partial charge in [0, 0.05) is 0 Å². The van der Waals surface area contributed by atoms with Gasteiger partial charge in [-0.05, 0) is 30.9 Å². The van der Waals surface area contributed by atoms with Crippen LogP contribution in [0.4, 0.5) is 0 Å². The summed E-state index contributed by atoms with van der Waals surface area (Å²) in [5, 5.41) is 4.56. The maximum absolute atomic E-state index is 6.21. The fourth-order valence-corrected chi connectivity index (χ4v) is 2.23. The van der Waals surface area contributed by atoms with Crippen molar-refractivity contribution < 1.29 is 4.52 Å². The van der Waals surface area contributed by atoms with Crippen LogP contribution in [-0.4, -0.2) is 15.4 Å². The molecule has 0 bridgehead atoms. The first-order chi connectivity index (χ1) is 7.50. The zero-order chi connectivity index (χ0) is 11.8. The standard InChI is InChI=1S/C11H19N3OS/c1-7(2)16-6-9-13-10(15-14-9)11(3,12)8-4-5-8/h7-8H,4-6,12H2,1-3H3. The Bertz CT molecular complexity index is 358. The summed E-state index contributed by atoms with van der Waals surface area (Å²) >= 11 is 1.81. The van der Waals surface area contributed by atoms with Crippen LogP contribution in [0.5, 0.6) is 0 Å². The average Bonchev–Trinajstić information content (AvgIpc) is 2.95. The van der Waals surface area contributed by atoms with Gasteiger partial charge < -0.3 is 10.3 Å². The molecule has 1 fully saturated rings. The van der Waals surface area contributed by atoms with Crippen molar-refractivity contribution in [3.05, 3.63) is 11.7 Å². The molecule has 0 aliphatic heterocycles. The minimum atomic E-state index is -0.437. The number of rotatable bonds is 5. The van der Waals surface area contributed by atoms with Crippen LogP contribution >= 0.6 is 11.8 Å². The smallest absolute Gasteiger partial charge is 0.246 e. The lowest BCUT2D eigenvalue weighted by Gasteiger charge is -2.18. The molecule has 1 unspecified atom stereocenters. The average molecular weight is 241 g/mol. The highest BCUT2D eigenvalue weighted by Crippen LogP contribution is 2.43. The van der Waals surface area contributed by atoms with Crippen molar-refractivity contribution in [2.45, 2.75) is 50.2 Å². The van der Waals surface area contributed by atoms with Gasteiger partial charge >= 0.3 is 0 Å². The van der Waals surface area contributed by atoms with Crippen molar-refractivity contribution in [3.63, 3.8) is 0 Å². The Morgan fingerprint density at radius 1 is 1.56 bits per heavy atom. The van der Waals surface area contributed by atoms with E-state index < -0.39 is 5.54 Å². The normalized spacial score (nSPS) is 20.1. The van der Waals surface area contributed by atoms with Crippen molar-refractivity contribution in [2.24, 2.45) is 11.7 Å². The zero-order valence-corrected chi connectivity index (χ0v) is 10.9. The Morgan fingerprint density at radius 3 is 2.81 bits per heavy atom. The molecule has 0 saturated heterocycles. The van der Waals surface area contributed by atoms with Gasteiger partial charge in [0.1, 0.15) is 0 Å². The van der Waals surface area contributed by atoms with Gasteiger partial charge in [0.05, 0.1) is 11.3 Å². The molecular weight excluding hydrogens is 222 g/mol. The topological polar surface area (TPSA) is 64.9 Å². The Morgan fingerprint density at radius 2 is 2.25 bits per heavy atom. The molecule has 1 saturated carbocycles. The fourth-order valence-electron chi connectivity index (χ4n) is 1.63. The van der Waals surface area contributed by atoms with Crippen LogP contribution in [0.15, 0.2) is 4.52 Å². The lowest BCUT2D eigenvalue weighted by atomic mass is 9.97. The van der Waals surface area contributed by atoms with Crippen LogP contribution in [0, 0.1) is 5.92 Å². The van der Waals surface area contributed by atoms with E-state index in [9.17, 15) is 0 Å². The van der Waals surface area contributed by atoms with E-state index in [2.05, 4.69) is 24.0 Å². The number of hydrogen-bond donors (Lipinski definition) is 1. The molecule has 2 N–H and O–H groups in total. The molecule has 1 aromatic rings. The first-order valence-corrected chi connectivity index (χ1v) is 6.78. The summed E-state index contributed by atoms with van der Waals surface area (Å²) in [7, 11) is 0. The highest BCUT2D eigenvalue weighted by Gasteiger charge is 2.43. The Kier molecular flexibility index (Phi) is 3.26. The van der Waals surface area contributed by atoms with E-state index in [1.807, 2.05) is 6.92 Å². The van der Waals surface area contributed by atoms with E-state index in [1.54, 1.807) is 11.8 Å². The molecule has 4 nitrogen and oxygen atoms in total. The van der Waals surface area contributed by atoms with Crippen molar-refractivity contribution in [1.29, 1.82) is 0 Å². The van der Waals surface area contributed by atoms with Crippen LogP contribution in [0.3, 0.4) is 0 Å². The maximum Gasteiger partial charge on any atom is 0.246 e. The summed E-state index contributed by atoms with van der Waals surface area (Å²) in [5.74, 6) is 2.65. The van der Waals surface area contributed by atoms with Gasteiger partial charge in [-0.25, -0.2) is 0 Å². The third-order valence-electron chi connectivity index (χ3n) is 2.90. The summed E-state index contributed by atoms with van der Waals surface area (Å²) in [4.78, 5) is 4.39. The second-order valence-electron chi connectivity index (χ2n) is 4.93. The largest absolute Gasteiger partial charge is 0.337 e. The molecule has 1 heterocycles. The van der Waals surface area contributed by atoms with Crippen LogP contribution < -0.4 is 5.73 Å². The zero-order valence-electron chi connectivity index (χ0n) is 10.1. The molecule has 0 aromatic carbocycles. The highest BCUT2D eigenvalue weighted by atomic mass is 32.2. The van der Waals surface area contributed by atoms with Crippen LogP contribution in [-0.2, 0) is 11.3 Å². The Labute approximate surface area is 100 Å². The molecular formula is C11H19N3OS. The van der Waals surface area contributed by atoms with Gasteiger partial charge in [-0.15, -0.1) is 0 Å². The number of nitrogens with zero attached hydrogens (tertiary/aromatic N) is 2. The highest BCUT2D eigenvalue weighted by molar-refractivity contribution is 7.99. The summed E-state index contributed by atoms with van der Waals surface area (Å²) in [6.45, 7) is 6.30. The first-order valence-electron chi connectivity index (χ1n) is 5.73. The predicted molar refractivity (Wildman–Crippen MR) is 65.0 cm³/mol. The van der Waals surface area contributed by atoms with Gasteiger partial charge in [0.15, 0.2) is 5.82 Å². The summed E-state index contributed by atoms with van der Waals surface area (Å²) in [6, 6.07) is 0. The molecule has 90 valence electrons. The number of thioether (sulfide) groups is 1. The van der Waals surface area contributed by atoms with Crippen molar-refractivity contribution >= 4 is 11.8 Å². The lowest BCUT2D eigenvalue weighted by Crippen LogP contribution is -2.35. The van der Waals surface area contributed by atoms with E-state index >= 15 is 0 Å². The molecule has 0 spiro atoms. The number of aromatic nitrogens is 2. The first kappa shape index (κ1) is 11.9. The van der Waals surface area contributed by atoms with Crippen molar-refractivity contribution in [3.8, 4) is 0 Å². The van der Waals surface area contributed by atoms with Gasteiger partial charge in [0.2, 0.25) is 5.89 Å². The summed E-state index contributed by atoms with van der Waals surface area (Å²) in [6.07, 6.45) is 2.34. The predicted octanol–water partition coefficient (Wildman–Crippen LogP) is 2.30. The SMILES string of the molecule is CC(C)SCc1noc(C(C)(N)C2CC2)n1. The lowest BCUT2D eigenvalue weighted by molar-refractivity contribution is 0.272. The maximum atomic E-state index is 6.21. The van der Waals surface area contributed by atoms with Gasteiger partial charge in [-0.1, -0.05) is 19.0 Å². The molecule has 1 aliphatic carbocycles. The number of hydrogen-bond acceptors (Lipinski definition) is 5. The molecule has 2 rings (SSSR count). The number of nitrogens with two attached hydrogens (primary N) is 1. The van der Waals surface area contributed by atoms with Crippen LogP contribution in [0.25, 0.3) is 0 Å². The van der Waals surface area contributed by atoms with Crippen LogP contribution in [0.1, 0.15) is 45.3 Å². The second kappa shape index (κ2) is 4.37. The summed E-state index contributed by atoms with van der Waals surface area (Å²) < 4.78 is 5.26. The van der Waals surface area contributed by atoms with E-state index in [0.717, 1.165) is 11.6 Å². The molecule has 1 aromatic heterocycles. The van der Waals surface area contributed by atoms with Gasteiger partial charge in [-0.2, -0.15) is 16.7 Å². The monoisotopic (exact) mass is 241 g/mol. The van der Waals surface area contributed by atoms with Crippen LogP contribution in [0.2, 0.25) is 0 Å². The molecule has 1 atom stereocenters. The molecule has 5 heteroatoms. The molecule has 0 radical (unpaired) electrons. The van der Waals surface area contributed by atoms with E-state index in [0.29, 0.717) is 17.1 Å². The second-order valence-corrected chi connectivity index (χ2v) is 6.50. The third-order valence-corrected chi connectivity index (χ3v) is 3.99.